The molecule has 2 rings (SSSR count). The number of aliphatic hydroxyl groups is 1. The molecule has 1 atom stereocenters. The van der Waals surface area contributed by atoms with Crippen LogP contribution >= 0.6 is 0 Å². The van der Waals surface area contributed by atoms with Crippen LogP contribution in [0.4, 0.5) is 8.78 Å². The summed E-state index contributed by atoms with van der Waals surface area (Å²) in [5, 5.41) is 12.1. The molecule has 1 unspecified atom stereocenters. The highest BCUT2D eigenvalue weighted by atomic mass is 19.2. The lowest BCUT2D eigenvalue weighted by molar-refractivity contribution is 0.183. The zero-order valence-corrected chi connectivity index (χ0v) is 11.8. The molecule has 1 saturated carbocycles. The first kappa shape index (κ1) is 15.4. The normalized spacial score (nSPS) is 16.6. The largest absolute Gasteiger partial charge is 0.395 e. The second-order valence-corrected chi connectivity index (χ2v) is 5.26. The summed E-state index contributed by atoms with van der Waals surface area (Å²) in [6.07, 6.45) is 3.02. The van der Waals surface area contributed by atoms with Crippen LogP contribution in [0.25, 0.3) is 0 Å². The van der Waals surface area contributed by atoms with Crippen molar-refractivity contribution in [1.29, 1.82) is 0 Å². The van der Waals surface area contributed by atoms with Crippen LogP contribution in [0.5, 0.6) is 0 Å². The van der Waals surface area contributed by atoms with Gasteiger partial charge in [-0.2, -0.15) is 0 Å². The zero-order valence-electron chi connectivity index (χ0n) is 11.8. The molecule has 2 N–H and O–H groups in total. The minimum absolute atomic E-state index is 0.134. The summed E-state index contributed by atoms with van der Waals surface area (Å²) in [4.78, 5) is 2.22. The molecule has 112 valence electrons. The first-order chi connectivity index (χ1) is 9.67. The lowest BCUT2D eigenvalue weighted by Gasteiger charge is -2.24. The van der Waals surface area contributed by atoms with Crippen LogP contribution in [-0.4, -0.2) is 42.8 Å². The highest BCUT2D eigenvalue weighted by Crippen LogP contribution is 2.28. The van der Waals surface area contributed by atoms with Crippen molar-refractivity contribution in [3.05, 3.63) is 35.4 Å². The third-order valence-electron chi connectivity index (χ3n) is 3.86. The molecular formula is C15H22F2N2O. The molecule has 1 fully saturated rings. The van der Waals surface area contributed by atoms with Gasteiger partial charge in [-0.25, -0.2) is 8.78 Å². The molecule has 0 aromatic heterocycles. The molecule has 0 amide bonds. The van der Waals surface area contributed by atoms with Crippen molar-refractivity contribution >= 4 is 0 Å². The van der Waals surface area contributed by atoms with E-state index in [0.717, 1.165) is 12.6 Å². The lowest BCUT2D eigenvalue weighted by atomic mass is 10.0. The van der Waals surface area contributed by atoms with Gasteiger partial charge in [0.1, 0.15) is 0 Å². The zero-order chi connectivity index (χ0) is 14.5. The van der Waals surface area contributed by atoms with Crippen LogP contribution in [0.3, 0.4) is 0 Å². The molecule has 0 bridgehead atoms. The molecule has 0 heterocycles. The molecule has 20 heavy (non-hydrogen) atoms. The number of nitrogens with zero attached hydrogens (tertiary/aromatic N) is 1. The van der Waals surface area contributed by atoms with Gasteiger partial charge in [-0.15, -0.1) is 0 Å². The summed E-state index contributed by atoms with van der Waals surface area (Å²) in [5.41, 5.74) is 0.368. The van der Waals surface area contributed by atoms with Gasteiger partial charge < -0.3 is 10.4 Å². The van der Waals surface area contributed by atoms with Crippen LogP contribution in [0, 0.1) is 11.6 Å². The number of hydrogen-bond acceptors (Lipinski definition) is 3. The minimum Gasteiger partial charge on any atom is -0.395 e. The van der Waals surface area contributed by atoms with Gasteiger partial charge in [-0.1, -0.05) is 12.1 Å². The molecular weight excluding hydrogens is 262 g/mol. The molecule has 0 saturated heterocycles. The summed E-state index contributed by atoms with van der Waals surface area (Å²) in [5.74, 6) is -1.58. The number of halogens is 2. The molecule has 1 aliphatic carbocycles. The van der Waals surface area contributed by atoms with Crippen LogP contribution < -0.4 is 5.32 Å². The fourth-order valence-electron chi connectivity index (χ4n) is 2.58. The maximum Gasteiger partial charge on any atom is 0.163 e. The SMILES string of the molecule is CNC(CCN(CCO)C1CC1)c1cccc(F)c1F. The fourth-order valence-corrected chi connectivity index (χ4v) is 2.58. The van der Waals surface area contributed by atoms with E-state index in [-0.39, 0.29) is 12.6 Å². The Bertz CT molecular complexity index is 438. The van der Waals surface area contributed by atoms with Crippen molar-refractivity contribution < 1.29 is 13.9 Å². The smallest absolute Gasteiger partial charge is 0.163 e. The molecule has 1 aliphatic rings. The van der Waals surface area contributed by atoms with E-state index in [1.165, 1.54) is 18.9 Å². The highest BCUT2D eigenvalue weighted by molar-refractivity contribution is 5.22. The van der Waals surface area contributed by atoms with Crippen molar-refractivity contribution in [3.8, 4) is 0 Å². The van der Waals surface area contributed by atoms with Gasteiger partial charge in [0.05, 0.1) is 6.61 Å². The Morgan fingerprint density at radius 3 is 2.70 bits per heavy atom. The van der Waals surface area contributed by atoms with Crippen LogP contribution in [-0.2, 0) is 0 Å². The average Bonchev–Trinajstić information content (AvgIpc) is 3.27. The summed E-state index contributed by atoms with van der Waals surface area (Å²) < 4.78 is 27.1. The molecule has 0 radical (unpaired) electrons. The molecule has 3 nitrogen and oxygen atoms in total. The maximum atomic E-state index is 13.8. The van der Waals surface area contributed by atoms with Gasteiger partial charge in [0.2, 0.25) is 0 Å². The molecule has 5 heteroatoms. The van der Waals surface area contributed by atoms with E-state index in [1.54, 1.807) is 13.1 Å². The second-order valence-electron chi connectivity index (χ2n) is 5.26. The van der Waals surface area contributed by atoms with Crippen molar-refractivity contribution in [2.45, 2.75) is 31.3 Å². The fraction of sp³-hybridized carbons (Fsp3) is 0.600. The highest BCUT2D eigenvalue weighted by Gasteiger charge is 2.29. The number of aliphatic hydroxyl groups excluding tert-OH is 1. The summed E-state index contributed by atoms with van der Waals surface area (Å²) in [7, 11) is 1.75. The van der Waals surface area contributed by atoms with Crippen molar-refractivity contribution in [2.24, 2.45) is 0 Å². The van der Waals surface area contributed by atoms with Crippen LogP contribution in [0.15, 0.2) is 18.2 Å². The lowest BCUT2D eigenvalue weighted by Crippen LogP contribution is -2.32. The van der Waals surface area contributed by atoms with Crippen LogP contribution in [0.2, 0.25) is 0 Å². The Hall–Kier alpha value is -1.04. The Labute approximate surface area is 118 Å². The van der Waals surface area contributed by atoms with E-state index in [0.29, 0.717) is 24.6 Å². The predicted octanol–water partition coefficient (Wildman–Crippen LogP) is 2.07. The molecule has 1 aromatic carbocycles. The van der Waals surface area contributed by atoms with E-state index >= 15 is 0 Å². The Balaban J connectivity index is 1.99. The average molecular weight is 284 g/mol. The second kappa shape index (κ2) is 7.11. The summed E-state index contributed by atoms with van der Waals surface area (Å²) in [6.45, 7) is 1.55. The van der Waals surface area contributed by atoms with E-state index in [4.69, 9.17) is 5.11 Å². The number of hydrogen-bond donors (Lipinski definition) is 2. The number of nitrogens with one attached hydrogen (secondary N) is 1. The van der Waals surface area contributed by atoms with Gasteiger partial charge in [-0.3, -0.25) is 4.90 Å². The first-order valence-electron chi connectivity index (χ1n) is 7.13. The Morgan fingerprint density at radius 1 is 1.35 bits per heavy atom. The van der Waals surface area contributed by atoms with Gasteiger partial charge in [0, 0.05) is 30.7 Å². The van der Waals surface area contributed by atoms with Gasteiger partial charge in [0.25, 0.3) is 0 Å². The van der Waals surface area contributed by atoms with Crippen molar-refractivity contribution in [1.82, 2.24) is 10.2 Å². The topological polar surface area (TPSA) is 35.5 Å². The third-order valence-corrected chi connectivity index (χ3v) is 3.86. The molecule has 0 spiro atoms. The van der Waals surface area contributed by atoms with Gasteiger partial charge in [0.15, 0.2) is 11.6 Å². The van der Waals surface area contributed by atoms with Crippen LogP contribution in [0.1, 0.15) is 30.9 Å². The summed E-state index contributed by atoms with van der Waals surface area (Å²) >= 11 is 0. The Kier molecular flexibility index (Phi) is 5.46. The summed E-state index contributed by atoms with van der Waals surface area (Å²) in [6, 6.07) is 4.62. The number of rotatable bonds is 8. The van der Waals surface area contributed by atoms with E-state index < -0.39 is 11.6 Å². The molecule has 0 aliphatic heterocycles. The Morgan fingerprint density at radius 2 is 2.10 bits per heavy atom. The van der Waals surface area contributed by atoms with Gasteiger partial charge >= 0.3 is 0 Å². The van der Waals surface area contributed by atoms with Gasteiger partial charge in [-0.05, 0) is 32.4 Å². The predicted molar refractivity (Wildman–Crippen MR) is 74.5 cm³/mol. The maximum absolute atomic E-state index is 13.8. The van der Waals surface area contributed by atoms with Crippen molar-refractivity contribution in [3.63, 3.8) is 0 Å². The third kappa shape index (κ3) is 3.75. The van der Waals surface area contributed by atoms with E-state index in [2.05, 4.69) is 10.2 Å². The monoisotopic (exact) mass is 284 g/mol. The minimum atomic E-state index is -0.808. The standard InChI is InChI=1S/C15H22F2N2O/c1-18-14(12-3-2-4-13(16)15(12)17)7-8-19(9-10-20)11-5-6-11/h2-4,11,14,18,20H,5-10H2,1H3. The van der Waals surface area contributed by atoms with E-state index in [9.17, 15) is 8.78 Å². The molecule has 1 aromatic rings. The quantitative estimate of drug-likeness (QED) is 0.767. The van der Waals surface area contributed by atoms with E-state index in [1.807, 2.05) is 0 Å². The van der Waals surface area contributed by atoms with Crippen molar-refractivity contribution in [2.75, 3.05) is 26.7 Å². The first-order valence-corrected chi connectivity index (χ1v) is 7.13. The number of benzene rings is 1.